The maximum absolute atomic E-state index is 11.5. The fourth-order valence-electron chi connectivity index (χ4n) is 2.26. The molecule has 0 spiro atoms. The molecule has 0 aliphatic carbocycles. The van der Waals surface area contributed by atoms with Crippen molar-refractivity contribution in [2.24, 2.45) is 0 Å². The molecular weight excluding hydrogens is 428 g/mol. The van der Waals surface area contributed by atoms with Crippen LogP contribution in [0.5, 0.6) is 0 Å². The van der Waals surface area contributed by atoms with Crippen molar-refractivity contribution in [1.29, 1.82) is 0 Å². The molecule has 0 unspecified atom stereocenters. The van der Waals surface area contributed by atoms with E-state index in [1.165, 1.54) is 24.3 Å². The molecule has 0 bridgehead atoms. The molecule has 2 rings (SSSR count). The molecule has 0 fully saturated rings. The van der Waals surface area contributed by atoms with Crippen molar-refractivity contribution >= 4 is 23.9 Å². The Morgan fingerprint density at radius 2 is 1.08 bits per heavy atom. The molecule has 1 radical (unpaired) electrons. The largest absolute Gasteiger partial charge is 0.478 e. The summed E-state index contributed by atoms with van der Waals surface area (Å²) >= 11 is 0. The van der Waals surface area contributed by atoms with E-state index in [0.717, 1.165) is 12.1 Å². The van der Waals surface area contributed by atoms with Crippen molar-refractivity contribution < 1.29 is 62.0 Å². The second-order valence-electron chi connectivity index (χ2n) is 4.71. The molecule has 4 N–H and O–H groups in total. The van der Waals surface area contributed by atoms with Crippen LogP contribution >= 0.6 is 0 Å². The zero-order chi connectivity index (χ0) is 18.0. The Labute approximate surface area is 155 Å². The number of rotatable bonds is 5. The maximum atomic E-state index is 11.5. The van der Waals surface area contributed by atoms with Gasteiger partial charge >= 0.3 is 23.9 Å². The number of carboxylic acid groups (broad SMARTS) is 4. The number of carboxylic acids is 4. The topological polar surface area (TPSA) is 149 Å². The molecule has 0 aliphatic heterocycles. The maximum Gasteiger partial charge on any atom is 0.337 e. The van der Waals surface area contributed by atoms with Gasteiger partial charge in [-0.2, -0.15) is 0 Å². The van der Waals surface area contributed by atoms with Crippen molar-refractivity contribution in [3.05, 3.63) is 58.7 Å². The van der Waals surface area contributed by atoms with Gasteiger partial charge in [-0.05, 0) is 29.8 Å². The van der Waals surface area contributed by atoms with Crippen molar-refractivity contribution in [1.82, 2.24) is 0 Å². The molecule has 0 aromatic heterocycles. The van der Waals surface area contributed by atoms with Crippen LogP contribution in [0.25, 0.3) is 11.1 Å². The van der Waals surface area contributed by atoms with Crippen LogP contribution in [-0.2, 0) is 22.4 Å². The average molecular weight is 438 g/mol. The molecule has 25 heavy (non-hydrogen) atoms. The number of hydrogen-bond donors (Lipinski definition) is 4. The van der Waals surface area contributed by atoms with Crippen LogP contribution in [0.3, 0.4) is 0 Å². The Hall–Kier alpha value is -2.94. The van der Waals surface area contributed by atoms with Crippen LogP contribution in [0.15, 0.2) is 36.4 Å². The second-order valence-corrected chi connectivity index (χ2v) is 4.71. The molecule has 9 heteroatoms. The zero-order valence-corrected chi connectivity index (χ0v) is 13.7. The summed E-state index contributed by atoms with van der Waals surface area (Å²) in [6, 6.07) is 6.69. The molecule has 0 amide bonds. The average Bonchev–Trinajstić information content (AvgIpc) is 2.53. The van der Waals surface area contributed by atoms with Gasteiger partial charge in [-0.15, -0.1) is 0 Å². The summed E-state index contributed by atoms with van der Waals surface area (Å²) < 4.78 is 0. The van der Waals surface area contributed by atoms with Crippen LogP contribution in [0.1, 0.15) is 41.4 Å². The van der Waals surface area contributed by atoms with Crippen LogP contribution in [0.2, 0.25) is 0 Å². The van der Waals surface area contributed by atoms with Gasteiger partial charge in [-0.3, -0.25) is 0 Å². The monoisotopic (exact) mass is 437 g/mol. The van der Waals surface area contributed by atoms with Crippen LogP contribution in [0, 0.1) is 0 Å². The van der Waals surface area contributed by atoms with Crippen molar-refractivity contribution in [3.8, 4) is 11.1 Å². The normalized spacial score (nSPS) is 9.76. The zero-order valence-electron chi connectivity index (χ0n) is 12.2. The fourth-order valence-corrected chi connectivity index (χ4v) is 2.26. The molecule has 0 atom stereocenters. The van der Waals surface area contributed by atoms with Crippen molar-refractivity contribution in [3.63, 3.8) is 0 Å². The third-order valence-electron chi connectivity index (χ3n) is 3.30. The van der Waals surface area contributed by atoms with E-state index in [1.807, 2.05) is 0 Å². The Kier molecular flexibility index (Phi) is 6.24. The number of hydrogen-bond acceptors (Lipinski definition) is 4. The molecule has 0 saturated heterocycles. The molecule has 0 saturated carbocycles. The van der Waals surface area contributed by atoms with E-state index >= 15 is 0 Å². The molecule has 0 heterocycles. The predicted molar refractivity (Wildman–Crippen MR) is 79.7 cm³/mol. The Balaban J connectivity index is 0.00000312. The minimum atomic E-state index is -1.60. The van der Waals surface area contributed by atoms with E-state index in [4.69, 9.17) is 10.2 Å². The van der Waals surface area contributed by atoms with Gasteiger partial charge in [0.25, 0.3) is 0 Å². The van der Waals surface area contributed by atoms with Gasteiger partial charge < -0.3 is 20.4 Å². The van der Waals surface area contributed by atoms with Gasteiger partial charge in [-0.1, -0.05) is 12.1 Å². The van der Waals surface area contributed by atoms with E-state index in [-0.39, 0.29) is 39.1 Å². The van der Waals surface area contributed by atoms with E-state index < -0.39 is 40.6 Å². The summed E-state index contributed by atoms with van der Waals surface area (Å²) in [6.07, 6.45) is 0. The Bertz CT molecular complexity index is 870. The van der Waals surface area contributed by atoms with E-state index in [1.54, 1.807) is 0 Å². The van der Waals surface area contributed by atoms with Crippen LogP contribution in [0.4, 0.5) is 0 Å². The van der Waals surface area contributed by atoms with Crippen LogP contribution < -0.4 is 0 Å². The van der Waals surface area contributed by atoms with E-state index in [9.17, 15) is 29.4 Å². The first kappa shape index (κ1) is 20.1. The standard InChI is InChI=1S/C16H10O8.Ag/c17-13(18)8-3-1-7(2-4-8)11-9(14(19)20)5-6-10(15(21)22)12(11)16(23)24;/h1-6H,(H,17,18)(H,19,20)(H,21,22)(H,23,24);. The molecule has 0 aliphatic rings. The first-order valence-corrected chi connectivity index (χ1v) is 6.44. The van der Waals surface area contributed by atoms with Gasteiger partial charge in [0.2, 0.25) is 0 Å². The number of aromatic carboxylic acids is 4. The first-order valence-electron chi connectivity index (χ1n) is 6.44. The summed E-state index contributed by atoms with van der Waals surface area (Å²) in [5.74, 6) is -5.77. The van der Waals surface area contributed by atoms with E-state index in [0.29, 0.717) is 0 Å². The van der Waals surface area contributed by atoms with E-state index in [2.05, 4.69) is 0 Å². The number of carbonyl (C=O) groups is 4. The van der Waals surface area contributed by atoms with Gasteiger partial charge in [0.15, 0.2) is 0 Å². The Morgan fingerprint density at radius 1 is 0.600 bits per heavy atom. The third kappa shape index (κ3) is 3.94. The van der Waals surface area contributed by atoms with Gasteiger partial charge in [0, 0.05) is 27.9 Å². The SMILES string of the molecule is O=C(O)c1ccc(-c2c(C(=O)O)ccc(C(=O)O)c2C(=O)O)cc1.[Ag]. The third-order valence-corrected chi connectivity index (χ3v) is 3.30. The minimum absolute atomic E-state index is 0. The molecule has 133 valence electrons. The summed E-state index contributed by atoms with van der Waals surface area (Å²) in [7, 11) is 0. The summed E-state index contributed by atoms with van der Waals surface area (Å²) in [5.41, 5.74) is -1.94. The van der Waals surface area contributed by atoms with Gasteiger partial charge in [-0.25, -0.2) is 19.2 Å². The summed E-state index contributed by atoms with van der Waals surface area (Å²) in [6.45, 7) is 0. The van der Waals surface area contributed by atoms with Crippen molar-refractivity contribution in [2.75, 3.05) is 0 Å². The molecule has 8 nitrogen and oxygen atoms in total. The summed E-state index contributed by atoms with van der Waals surface area (Å²) in [4.78, 5) is 45.0. The van der Waals surface area contributed by atoms with Crippen LogP contribution in [-0.4, -0.2) is 44.3 Å². The predicted octanol–water partition coefficient (Wildman–Crippen LogP) is 2.14. The van der Waals surface area contributed by atoms with Crippen molar-refractivity contribution in [2.45, 2.75) is 0 Å². The van der Waals surface area contributed by atoms with Gasteiger partial charge in [0.05, 0.1) is 22.3 Å². The second kappa shape index (κ2) is 7.75. The smallest absolute Gasteiger partial charge is 0.337 e. The van der Waals surface area contributed by atoms with Gasteiger partial charge in [0.1, 0.15) is 0 Å². The first-order chi connectivity index (χ1) is 11.2. The molecular formula is C16H10AgO8. The fraction of sp³-hybridized carbons (Fsp3) is 0. The summed E-state index contributed by atoms with van der Waals surface area (Å²) in [5, 5.41) is 36.7. The molecule has 2 aromatic rings. The number of benzene rings is 2. The molecule has 2 aromatic carbocycles. The Morgan fingerprint density at radius 3 is 1.48 bits per heavy atom. The minimum Gasteiger partial charge on any atom is -0.478 e. The quantitative estimate of drug-likeness (QED) is 0.519.